The third-order valence-electron chi connectivity index (χ3n) is 6.68. The number of nitrogens with one attached hydrogen (secondary N) is 1. The van der Waals surface area contributed by atoms with Crippen molar-refractivity contribution < 1.29 is 19.1 Å². The molecule has 1 heterocycles. The Morgan fingerprint density at radius 3 is 2.50 bits per heavy atom. The molecule has 0 bridgehead atoms. The number of hydrogen-bond donors (Lipinski definition) is 1. The van der Waals surface area contributed by atoms with Gasteiger partial charge in [-0.3, -0.25) is 14.5 Å². The smallest absolute Gasteiger partial charge is 0.249 e. The predicted octanol–water partition coefficient (Wildman–Crippen LogP) is 5.08. The Balaban J connectivity index is 1.82. The molecule has 0 saturated heterocycles. The number of carbonyl (C=O) groups is 2. The highest BCUT2D eigenvalue weighted by Gasteiger charge is 2.34. The number of anilines is 1. The van der Waals surface area contributed by atoms with Crippen LogP contribution in [0.1, 0.15) is 44.4 Å². The second kappa shape index (κ2) is 13.1. The van der Waals surface area contributed by atoms with Crippen molar-refractivity contribution in [3.63, 3.8) is 0 Å². The number of amides is 2. The van der Waals surface area contributed by atoms with E-state index < -0.39 is 6.04 Å². The molecule has 1 aromatic heterocycles. The van der Waals surface area contributed by atoms with Gasteiger partial charge in [0.1, 0.15) is 18.1 Å². The number of nitrogens with zero attached hydrogens (tertiary/aromatic N) is 4. The summed E-state index contributed by atoms with van der Waals surface area (Å²) in [5.41, 5.74) is 3.52. The molecule has 9 heteroatoms. The van der Waals surface area contributed by atoms with E-state index in [1.54, 1.807) is 28.8 Å². The minimum Gasteiger partial charge on any atom is -0.493 e. The van der Waals surface area contributed by atoms with Gasteiger partial charge in [-0.2, -0.15) is 0 Å². The number of fused-ring (bicyclic) bond motifs is 1. The van der Waals surface area contributed by atoms with Gasteiger partial charge in [-0.05, 0) is 67.6 Å². The van der Waals surface area contributed by atoms with Crippen molar-refractivity contribution in [2.24, 2.45) is 5.92 Å². The number of ether oxygens (including phenoxy) is 2. The molecule has 0 saturated carbocycles. The Labute approximate surface area is 235 Å². The minimum atomic E-state index is -0.972. The maximum Gasteiger partial charge on any atom is 0.249 e. The normalized spacial score (nSPS) is 11.8. The zero-order chi connectivity index (χ0) is 28.6. The Bertz CT molecular complexity index is 1470. The fourth-order valence-corrected chi connectivity index (χ4v) is 4.62. The molecule has 0 aliphatic carbocycles. The number of rotatable bonds is 12. The van der Waals surface area contributed by atoms with Crippen molar-refractivity contribution in [3.8, 4) is 11.5 Å². The molecule has 1 N–H and O–H groups in total. The summed E-state index contributed by atoms with van der Waals surface area (Å²) in [5, 5.41) is 11.5. The Morgan fingerprint density at radius 1 is 1.02 bits per heavy atom. The summed E-state index contributed by atoms with van der Waals surface area (Å²) < 4.78 is 12.9. The molecule has 4 aromatic rings. The van der Waals surface area contributed by atoms with Gasteiger partial charge in [0.25, 0.3) is 0 Å². The zero-order valence-corrected chi connectivity index (χ0v) is 23.8. The molecule has 0 aliphatic heterocycles. The average molecular weight is 544 g/mol. The van der Waals surface area contributed by atoms with Gasteiger partial charge in [-0.1, -0.05) is 55.5 Å². The van der Waals surface area contributed by atoms with Gasteiger partial charge in [0.15, 0.2) is 11.5 Å². The van der Waals surface area contributed by atoms with E-state index in [0.29, 0.717) is 47.3 Å². The molecule has 1 atom stereocenters. The summed E-state index contributed by atoms with van der Waals surface area (Å²) in [6.07, 6.45) is 0.814. The van der Waals surface area contributed by atoms with Crippen molar-refractivity contribution in [2.45, 2.75) is 46.7 Å². The van der Waals surface area contributed by atoms with Crippen LogP contribution in [0.5, 0.6) is 11.5 Å². The van der Waals surface area contributed by atoms with Gasteiger partial charge in [0, 0.05) is 12.2 Å². The molecule has 210 valence electrons. The number of carbonyl (C=O) groups excluding carboxylic acids is 2. The molecule has 0 aliphatic rings. The predicted molar refractivity (Wildman–Crippen MR) is 156 cm³/mol. The largest absolute Gasteiger partial charge is 0.493 e. The number of aromatic nitrogens is 3. The van der Waals surface area contributed by atoms with Crippen molar-refractivity contribution in [1.82, 2.24) is 20.3 Å². The van der Waals surface area contributed by atoms with E-state index in [1.807, 2.05) is 68.4 Å². The lowest BCUT2D eigenvalue weighted by atomic mass is 10.0. The van der Waals surface area contributed by atoms with Crippen LogP contribution in [0, 0.1) is 12.8 Å². The third-order valence-corrected chi connectivity index (χ3v) is 6.68. The maximum absolute atomic E-state index is 14.2. The van der Waals surface area contributed by atoms with Crippen LogP contribution in [0.4, 0.5) is 5.69 Å². The van der Waals surface area contributed by atoms with Crippen LogP contribution in [-0.2, 0) is 16.1 Å². The van der Waals surface area contributed by atoms with Gasteiger partial charge in [0.05, 0.1) is 19.2 Å². The number of para-hydroxylation sites is 2. The Kier molecular flexibility index (Phi) is 9.37. The summed E-state index contributed by atoms with van der Waals surface area (Å²) in [6, 6.07) is 19.4. The summed E-state index contributed by atoms with van der Waals surface area (Å²) in [6.45, 7) is 8.88. The summed E-state index contributed by atoms with van der Waals surface area (Å²) in [4.78, 5) is 29.8. The quantitative estimate of drug-likeness (QED) is 0.268. The second-order valence-corrected chi connectivity index (χ2v) is 10.0. The first kappa shape index (κ1) is 28.6. The summed E-state index contributed by atoms with van der Waals surface area (Å²) in [7, 11) is 1.55. The molecular formula is C31H37N5O4. The van der Waals surface area contributed by atoms with Crippen molar-refractivity contribution in [1.29, 1.82) is 0 Å². The molecule has 2 amide bonds. The lowest BCUT2D eigenvalue weighted by Crippen LogP contribution is -2.46. The molecule has 0 spiro atoms. The summed E-state index contributed by atoms with van der Waals surface area (Å²) >= 11 is 0. The molecule has 1 unspecified atom stereocenters. The minimum absolute atomic E-state index is 0.0984. The second-order valence-electron chi connectivity index (χ2n) is 10.0. The van der Waals surface area contributed by atoms with E-state index in [0.717, 1.165) is 17.5 Å². The first-order valence-corrected chi connectivity index (χ1v) is 13.6. The monoisotopic (exact) mass is 543 g/mol. The summed E-state index contributed by atoms with van der Waals surface area (Å²) in [5.74, 6) is 0.877. The van der Waals surface area contributed by atoms with Gasteiger partial charge < -0.3 is 14.8 Å². The SMILES string of the molecule is CCOc1ccc(C(C(=O)NCCC(C)C)N(C(=O)Cn2nnc3ccccc32)c2ccccc2C)cc1OC. The lowest BCUT2D eigenvalue weighted by molar-refractivity contribution is -0.127. The van der Waals surface area contributed by atoms with Gasteiger partial charge in [0.2, 0.25) is 11.8 Å². The van der Waals surface area contributed by atoms with E-state index >= 15 is 0 Å². The molecule has 0 radical (unpaired) electrons. The highest BCUT2D eigenvalue weighted by atomic mass is 16.5. The first-order chi connectivity index (χ1) is 19.3. The number of hydrogen-bond acceptors (Lipinski definition) is 6. The van der Waals surface area contributed by atoms with Crippen LogP contribution >= 0.6 is 0 Å². The number of methoxy groups -OCH3 is 1. The molecule has 0 fully saturated rings. The van der Waals surface area contributed by atoms with Crippen LogP contribution in [-0.4, -0.2) is 47.1 Å². The van der Waals surface area contributed by atoms with E-state index in [9.17, 15) is 9.59 Å². The van der Waals surface area contributed by atoms with Crippen molar-refractivity contribution >= 4 is 28.5 Å². The highest BCUT2D eigenvalue weighted by molar-refractivity contribution is 6.02. The van der Waals surface area contributed by atoms with Gasteiger partial charge in [-0.15, -0.1) is 5.10 Å². The topological polar surface area (TPSA) is 98.6 Å². The van der Waals surface area contributed by atoms with Crippen LogP contribution in [0.3, 0.4) is 0 Å². The first-order valence-electron chi connectivity index (χ1n) is 13.6. The molecule has 3 aromatic carbocycles. The fourth-order valence-electron chi connectivity index (χ4n) is 4.62. The molecule has 4 rings (SSSR count). The molecular weight excluding hydrogens is 506 g/mol. The average Bonchev–Trinajstić information content (AvgIpc) is 3.35. The highest BCUT2D eigenvalue weighted by Crippen LogP contribution is 2.36. The molecule has 40 heavy (non-hydrogen) atoms. The third kappa shape index (κ3) is 6.42. The van der Waals surface area contributed by atoms with E-state index in [2.05, 4.69) is 29.5 Å². The van der Waals surface area contributed by atoms with Crippen molar-refractivity contribution in [3.05, 3.63) is 77.9 Å². The van der Waals surface area contributed by atoms with E-state index in [1.165, 1.54) is 0 Å². The van der Waals surface area contributed by atoms with Crippen LogP contribution in [0.15, 0.2) is 66.7 Å². The number of benzene rings is 3. The van der Waals surface area contributed by atoms with E-state index in [-0.39, 0.29) is 18.4 Å². The zero-order valence-electron chi connectivity index (χ0n) is 23.8. The van der Waals surface area contributed by atoms with Gasteiger partial charge >= 0.3 is 0 Å². The van der Waals surface area contributed by atoms with E-state index in [4.69, 9.17) is 9.47 Å². The standard InChI is InChI=1S/C31H37N5O4/c1-6-40-27-16-15-23(19-28(27)39-5)30(31(38)32-18-17-21(2)3)36(25-13-9-7-11-22(25)4)29(37)20-35-26-14-10-8-12-24(26)33-34-35/h7-16,19,21,30H,6,17-18,20H2,1-5H3,(H,32,38). The Morgan fingerprint density at radius 2 is 1.77 bits per heavy atom. The van der Waals surface area contributed by atoms with Crippen LogP contribution in [0.25, 0.3) is 11.0 Å². The van der Waals surface area contributed by atoms with Crippen LogP contribution in [0.2, 0.25) is 0 Å². The molecule has 9 nitrogen and oxygen atoms in total. The lowest BCUT2D eigenvalue weighted by Gasteiger charge is -2.33. The fraction of sp³-hybridized carbons (Fsp3) is 0.355. The van der Waals surface area contributed by atoms with Crippen LogP contribution < -0.4 is 19.7 Å². The number of aryl methyl sites for hydroxylation is 1. The Hall–Kier alpha value is -4.40. The van der Waals surface area contributed by atoms with Gasteiger partial charge in [-0.25, -0.2) is 4.68 Å². The van der Waals surface area contributed by atoms with Crippen molar-refractivity contribution in [2.75, 3.05) is 25.2 Å². The maximum atomic E-state index is 14.2.